The van der Waals surface area contributed by atoms with Crippen LogP contribution in [0.3, 0.4) is 0 Å². The van der Waals surface area contributed by atoms with Gasteiger partial charge in [0.25, 0.3) is 0 Å². The molecule has 1 aliphatic heterocycles. The lowest BCUT2D eigenvalue weighted by molar-refractivity contribution is -0.160. The van der Waals surface area contributed by atoms with Gasteiger partial charge < -0.3 is 19.8 Å². The number of pyridine rings is 1. The molecule has 0 spiro atoms. The molecule has 2 aliphatic rings. The summed E-state index contributed by atoms with van der Waals surface area (Å²) in [6.07, 6.45) is 1.36. The molecule has 0 radical (unpaired) electrons. The number of hydrogen-bond donors (Lipinski definition) is 2. The first-order valence-electron chi connectivity index (χ1n) is 12.3. The molecule has 0 saturated heterocycles. The zero-order valence-electron chi connectivity index (χ0n) is 21.7. The Morgan fingerprint density at radius 1 is 1.18 bits per heavy atom. The number of carboxylic acid groups (broad SMARTS) is 1. The molecule has 184 valence electrons. The maximum absolute atomic E-state index is 12.6. The van der Waals surface area contributed by atoms with Crippen LogP contribution >= 0.6 is 0 Å². The molecule has 1 aromatic carbocycles. The maximum Gasteiger partial charge on any atom is 0.337 e. The van der Waals surface area contributed by atoms with Crippen LogP contribution in [0.5, 0.6) is 5.75 Å². The number of aliphatic carboxylic acids is 1. The Kier molecular flexibility index (Phi) is 6.17. The van der Waals surface area contributed by atoms with Crippen LogP contribution in [-0.2, 0) is 9.53 Å². The predicted octanol–water partition coefficient (Wildman–Crippen LogP) is 6.04. The number of benzene rings is 1. The van der Waals surface area contributed by atoms with Crippen molar-refractivity contribution in [2.75, 3.05) is 11.4 Å². The van der Waals surface area contributed by atoms with E-state index in [0.29, 0.717) is 17.2 Å². The number of phenols is 1. The Morgan fingerprint density at radius 3 is 2.26 bits per heavy atom. The smallest absolute Gasteiger partial charge is 0.337 e. The molecule has 6 nitrogen and oxygen atoms in total. The lowest BCUT2D eigenvalue weighted by atomic mass is 9.84. The largest absolute Gasteiger partial charge is 0.507 e. The molecule has 3 atom stereocenters. The number of fused-ring (bicyclic) bond motifs is 1. The number of anilines is 1. The van der Waals surface area contributed by atoms with Gasteiger partial charge in [-0.15, -0.1) is 0 Å². The molecule has 1 aliphatic carbocycles. The first kappa shape index (κ1) is 24.5. The van der Waals surface area contributed by atoms with Gasteiger partial charge in [-0.25, -0.2) is 9.78 Å². The van der Waals surface area contributed by atoms with Crippen LogP contribution in [0.1, 0.15) is 87.4 Å². The number of rotatable bonds is 6. The first-order valence-corrected chi connectivity index (χ1v) is 12.3. The minimum Gasteiger partial charge on any atom is -0.507 e. The van der Waals surface area contributed by atoms with Gasteiger partial charge >= 0.3 is 5.97 Å². The van der Waals surface area contributed by atoms with E-state index in [2.05, 4.69) is 18.7 Å². The monoisotopic (exact) mass is 466 g/mol. The maximum atomic E-state index is 12.6. The summed E-state index contributed by atoms with van der Waals surface area (Å²) in [4.78, 5) is 20.0. The van der Waals surface area contributed by atoms with Crippen LogP contribution in [0.25, 0.3) is 11.1 Å². The fraction of sp³-hybridized carbons (Fsp3) is 0.571. The van der Waals surface area contributed by atoms with Gasteiger partial charge in [-0.05, 0) is 102 Å². The summed E-state index contributed by atoms with van der Waals surface area (Å²) in [5.41, 5.74) is 5.05. The van der Waals surface area contributed by atoms with Crippen molar-refractivity contribution in [2.45, 2.75) is 91.9 Å². The molecule has 4 rings (SSSR count). The third kappa shape index (κ3) is 4.40. The summed E-state index contributed by atoms with van der Waals surface area (Å²) in [5.74, 6) is 1.09. The summed E-state index contributed by atoms with van der Waals surface area (Å²) >= 11 is 0. The fourth-order valence-electron chi connectivity index (χ4n) is 5.22. The molecule has 2 aromatic rings. The Bertz CT molecular complexity index is 1110. The van der Waals surface area contributed by atoms with Crippen molar-refractivity contribution in [1.29, 1.82) is 0 Å². The van der Waals surface area contributed by atoms with Crippen molar-refractivity contribution in [2.24, 2.45) is 5.92 Å². The van der Waals surface area contributed by atoms with Crippen LogP contribution in [0.4, 0.5) is 5.82 Å². The fourth-order valence-corrected chi connectivity index (χ4v) is 5.22. The highest BCUT2D eigenvalue weighted by Crippen LogP contribution is 2.50. The SMILES string of the molecule is Cc1cc(-c2c3c(nc(C)c2[C@H](OC(C)(C)C)C(=O)O)N(CC2CC2)C(C)C3C)cc(C)c1O. The van der Waals surface area contributed by atoms with E-state index in [0.717, 1.165) is 40.2 Å². The zero-order valence-corrected chi connectivity index (χ0v) is 21.7. The van der Waals surface area contributed by atoms with Crippen molar-refractivity contribution in [3.05, 3.63) is 40.1 Å². The Morgan fingerprint density at radius 2 is 1.76 bits per heavy atom. The third-order valence-corrected chi connectivity index (χ3v) is 7.28. The molecule has 34 heavy (non-hydrogen) atoms. The number of aromatic nitrogens is 1. The molecule has 6 heteroatoms. The second-order valence-electron chi connectivity index (χ2n) is 11.3. The van der Waals surface area contributed by atoms with Gasteiger partial charge in [0.2, 0.25) is 0 Å². The Hall–Kier alpha value is -2.60. The van der Waals surface area contributed by atoms with Gasteiger partial charge in [-0.3, -0.25) is 0 Å². The number of phenolic OH excluding ortho intramolecular Hbond substituents is 1. The third-order valence-electron chi connectivity index (χ3n) is 7.28. The van der Waals surface area contributed by atoms with Crippen molar-refractivity contribution in [3.63, 3.8) is 0 Å². The van der Waals surface area contributed by atoms with Crippen LogP contribution in [0, 0.1) is 26.7 Å². The number of carboxylic acids is 1. The average Bonchev–Trinajstić information content (AvgIpc) is 3.52. The average molecular weight is 467 g/mol. The summed E-state index contributed by atoms with van der Waals surface area (Å²) in [5, 5.41) is 20.7. The quantitative estimate of drug-likeness (QED) is 0.540. The summed E-state index contributed by atoms with van der Waals surface area (Å²) in [6.45, 7) is 16.7. The second kappa shape index (κ2) is 8.56. The molecular formula is C28H38N2O4. The van der Waals surface area contributed by atoms with E-state index in [1.165, 1.54) is 12.8 Å². The molecule has 1 saturated carbocycles. The van der Waals surface area contributed by atoms with E-state index >= 15 is 0 Å². The van der Waals surface area contributed by atoms with Gasteiger partial charge in [0.15, 0.2) is 6.10 Å². The summed E-state index contributed by atoms with van der Waals surface area (Å²) in [7, 11) is 0. The number of ether oxygens (including phenoxy) is 1. The van der Waals surface area contributed by atoms with Crippen molar-refractivity contribution in [1.82, 2.24) is 4.98 Å². The van der Waals surface area contributed by atoms with Crippen molar-refractivity contribution >= 4 is 11.8 Å². The van der Waals surface area contributed by atoms with Gasteiger partial charge in [0, 0.05) is 35.3 Å². The van der Waals surface area contributed by atoms with Gasteiger partial charge in [-0.2, -0.15) is 0 Å². The molecular weight excluding hydrogens is 428 g/mol. The summed E-state index contributed by atoms with van der Waals surface area (Å²) in [6, 6.07) is 4.18. The lowest BCUT2D eigenvalue weighted by Crippen LogP contribution is -2.33. The highest BCUT2D eigenvalue weighted by atomic mass is 16.5. The topological polar surface area (TPSA) is 82.9 Å². The molecule has 0 amide bonds. The standard InChI is InChI=1S/C28H38N2O4/c1-14-11-20(12-15(2)24(14)31)23-21-16(3)18(5)30(13-19-9-10-19)26(21)29-17(4)22(23)25(27(32)33)34-28(6,7)8/h11-12,16,18-19,25,31H,9-10,13H2,1-8H3,(H,32,33)/t16?,18?,25-/m0/s1. The molecule has 0 bridgehead atoms. The first-order chi connectivity index (χ1) is 15.8. The zero-order chi connectivity index (χ0) is 25.1. The molecule has 1 aromatic heterocycles. The van der Waals surface area contributed by atoms with E-state index < -0.39 is 17.7 Å². The van der Waals surface area contributed by atoms with Gasteiger partial charge in [-0.1, -0.05) is 6.92 Å². The van der Waals surface area contributed by atoms with Gasteiger partial charge in [0.05, 0.1) is 5.60 Å². The Labute approximate surface area is 203 Å². The molecule has 2 heterocycles. The number of aromatic hydroxyl groups is 1. The number of aryl methyl sites for hydroxylation is 3. The highest BCUT2D eigenvalue weighted by molar-refractivity contribution is 5.86. The molecule has 2 unspecified atom stereocenters. The summed E-state index contributed by atoms with van der Waals surface area (Å²) < 4.78 is 6.13. The van der Waals surface area contributed by atoms with Crippen LogP contribution in [0.15, 0.2) is 12.1 Å². The molecule has 1 fully saturated rings. The number of hydrogen-bond acceptors (Lipinski definition) is 5. The van der Waals surface area contributed by atoms with E-state index in [1.807, 2.05) is 53.7 Å². The minimum atomic E-state index is -1.15. The minimum absolute atomic E-state index is 0.175. The van der Waals surface area contributed by atoms with E-state index in [-0.39, 0.29) is 17.7 Å². The lowest BCUT2D eigenvalue weighted by Gasteiger charge is -2.29. The van der Waals surface area contributed by atoms with Gasteiger partial charge in [0.1, 0.15) is 11.6 Å². The van der Waals surface area contributed by atoms with E-state index in [4.69, 9.17) is 9.72 Å². The number of carbonyl (C=O) groups is 1. The van der Waals surface area contributed by atoms with Crippen molar-refractivity contribution < 1.29 is 19.7 Å². The predicted molar refractivity (Wildman–Crippen MR) is 135 cm³/mol. The highest BCUT2D eigenvalue weighted by Gasteiger charge is 2.42. The normalized spacial score (nSPS) is 21.0. The Balaban J connectivity index is 2.03. The number of nitrogens with zero attached hydrogens (tertiary/aromatic N) is 2. The van der Waals surface area contributed by atoms with E-state index in [1.54, 1.807) is 0 Å². The van der Waals surface area contributed by atoms with Crippen LogP contribution < -0.4 is 4.90 Å². The van der Waals surface area contributed by atoms with Crippen molar-refractivity contribution in [3.8, 4) is 16.9 Å². The van der Waals surface area contributed by atoms with E-state index in [9.17, 15) is 15.0 Å². The van der Waals surface area contributed by atoms with Crippen LogP contribution in [0.2, 0.25) is 0 Å². The second-order valence-corrected chi connectivity index (χ2v) is 11.3. The molecule has 2 N–H and O–H groups in total. The van der Waals surface area contributed by atoms with Crippen LogP contribution in [-0.4, -0.2) is 39.4 Å².